The highest BCUT2D eigenvalue weighted by molar-refractivity contribution is 5.67. The molecule has 2 aromatic rings. The molecule has 2 nitrogen and oxygen atoms in total. The van der Waals surface area contributed by atoms with Crippen LogP contribution in [0.2, 0.25) is 0 Å². The molecule has 2 aromatic carbocycles. The Kier molecular flexibility index (Phi) is 1.97. The van der Waals surface area contributed by atoms with E-state index in [-0.39, 0.29) is 0 Å². The van der Waals surface area contributed by atoms with Crippen LogP contribution >= 0.6 is 0 Å². The Bertz CT molecular complexity index is 686. The summed E-state index contributed by atoms with van der Waals surface area (Å²) in [7, 11) is 0. The number of hydrogen-bond acceptors (Lipinski definition) is 2. The maximum atomic E-state index is 13.5. The van der Waals surface area contributed by atoms with Crippen LogP contribution in [-0.2, 0) is 5.41 Å². The SMILES string of the molecule is Fc1cc2c(cc1F)C1(CNc3ccccc31)CO2. The predicted octanol–water partition coefficient (Wildman–Crippen LogP) is 3.07. The summed E-state index contributed by atoms with van der Waals surface area (Å²) in [6.45, 7) is 1.06. The molecule has 0 aliphatic carbocycles. The number of anilines is 1. The zero-order chi connectivity index (χ0) is 13.0. The summed E-state index contributed by atoms with van der Waals surface area (Å²) in [5.41, 5.74) is 2.44. The number of hydrogen-bond donors (Lipinski definition) is 1. The summed E-state index contributed by atoms with van der Waals surface area (Å²) in [6.07, 6.45) is 0. The molecule has 0 radical (unpaired) electrons. The summed E-state index contributed by atoms with van der Waals surface area (Å²) >= 11 is 0. The van der Waals surface area contributed by atoms with Crippen molar-refractivity contribution in [2.45, 2.75) is 5.41 Å². The fraction of sp³-hybridized carbons (Fsp3) is 0.200. The van der Waals surface area contributed by atoms with Crippen molar-refractivity contribution < 1.29 is 13.5 Å². The molecule has 0 saturated heterocycles. The minimum atomic E-state index is -0.866. The van der Waals surface area contributed by atoms with Gasteiger partial charge in [0.05, 0.1) is 5.41 Å². The molecular formula is C15H11F2NO. The fourth-order valence-electron chi connectivity index (χ4n) is 3.07. The molecule has 1 unspecified atom stereocenters. The number of fused-ring (bicyclic) bond motifs is 4. The van der Waals surface area contributed by atoms with Crippen LogP contribution in [0, 0.1) is 11.6 Å². The number of rotatable bonds is 0. The Morgan fingerprint density at radius 3 is 2.74 bits per heavy atom. The van der Waals surface area contributed by atoms with Crippen LogP contribution in [0.25, 0.3) is 0 Å². The van der Waals surface area contributed by atoms with Gasteiger partial charge in [0.1, 0.15) is 12.4 Å². The number of halogens is 2. The third-order valence-electron chi connectivity index (χ3n) is 4.04. The largest absolute Gasteiger partial charge is 0.492 e. The smallest absolute Gasteiger partial charge is 0.162 e. The second-order valence-corrected chi connectivity index (χ2v) is 5.03. The van der Waals surface area contributed by atoms with Gasteiger partial charge in [0.2, 0.25) is 0 Å². The number of para-hydroxylation sites is 1. The Morgan fingerprint density at radius 2 is 1.84 bits per heavy atom. The summed E-state index contributed by atoms with van der Waals surface area (Å²) in [4.78, 5) is 0. The van der Waals surface area contributed by atoms with Crippen LogP contribution < -0.4 is 10.1 Å². The van der Waals surface area contributed by atoms with Gasteiger partial charge in [-0.3, -0.25) is 0 Å². The first kappa shape index (κ1) is 10.8. The second kappa shape index (κ2) is 3.47. The van der Waals surface area contributed by atoms with E-state index in [4.69, 9.17) is 4.74 Å². The van der Waals surface area contributed by atoms with Gasteiger partial charge in [0.25, 0.3) is 0 Å². The minimum Gasteiger partial charge on any atom is -0.492 e. The molecule has 4 rings (SSSR count). The minimum absolute atomic E-state index is 0.402. The topological polar surface area (TPSA) is 21.3 Å². The number of ether oxygens (including phenoxy) is 1. The highest BCUT2D eigenvalue weighted by Gasteiger charge is 2.47. The molecule has 0 fully saturated rings. The van der Waals surface area contributed by atoms with Gasteiger partial charge < -0.3 is 10.1 Å². The molecule has 1 N–H and O–H groups in total. The molecule has 0 bridgehead atoms. The van der Waals surface area contributed by atoms with Gasteiger partial charge in [-0.1, -0.05) is 18.2 Å². The Labute approximate surface area is 109 Å². The van der Waals surface area contributed by atoms with Crippen LogP contribution in [0.1, 0.15) is 11.1 Å². The molecule has 1 atom stereocenters. The lowest BCUT2D eigenvalue weighted by Gasteiger charge is -2.22. The van der Waals surface area contributed by atoms with Crippen LogP contribution in [-0.4, -0.2) is 13.2 Å². The predicted molar refractivity (Wildman–Crippen MR) is 67.6 cm³/mol. The second-order valence-electron chi connectivity index (χ2n) is 5.03. The molecule has 0 saturated carbocycles. The normalized spacial score (nSPS) is 22.8. The van der Waals surface area contributed by atoms with Crippen molar-refractivity contribution in [3.05, 3.63) is 59.2 Å². The van der Waals surface area contributed by atoms with Crippen molar-refractivity contribution in [3.63, 3.8) is 0 Å². The zero-order valence-electron chi connectivity index (χ0n) is 10.0. The van der Waals surface area contributed by atoms with E-state index in [1.165, 1.54) is 6.07 Å². The third-order valence-corrected chi connectivity index (χ3v) is 4.04. The van der Waals surface area contributed by atoms with Gasteiger partial charge in [-0.2, -0.15) is 0 Å². The van der Waals surface area contributed by atoms with Crippen LogP contribution in [0.15, 0.2) is 36.4 Å². The molecule has 0 amide bonds. The van der Waals surface area contributed by atoms with Crippen molar-refractivity contribution in [1.29, 1.82) is 0 Å². The lowest BCUT2D eigenvalue weighted by Crippen LogP contribution is -2.31. The van der Waals surface area contributed by atoms with E-state index in [0.29, 0.717) is 18.9 Å². The highest BCUT2D eigenvalue weighted by Crippen LogP contribution is 2.49. The van der Waals surface area contributed by atoms with Crippen molar-refractivity contribution >= 4 is 5.69 Å². The first-order chi connectivity index (χ1) is 9.21. The number of benzene rings is 2. The molecule has 4 heteroatoms. The van der Waals surface area contributed by atoms with Gasteiger partial charge in [-0.25, -0.2) is 8.78 Å². The fourth-order valence-corrected chi connectivity index (χ4v) is 3.07. The maximum absolute atomic E-state index is 13.5. The molecule has 96 valence electrons. The third kappa shape index (κ3) is 1.28. The molecule has 2 aliphatic heterocycles. The van der Waals surface area contributed by atoms with E-state index in [2.05, 4.69) is 5.32 Å². The van der Waals surface area contributed by atoms with E-state index in [1.807, 2.05) is 24.3 Å². The van der Waals surface area contributed by atoms with E-state index < -0.39 is 17.0 Å². The Balaban J connectivity index is 1.96. The van der Waals surface area contributed by atoms with Crippen molar-refractivity contribution in [2.24, 2.45) is 0 Å². The molecule has 2 aliphatic rings. The molecule has 2 heterocycles. The van der Waals surface area contributed by atoms with Crippen molar-refractivity contribution in [2.75, 3.05) is 18.5 Å². The van der Waals surface area contributed by atoms with Crippen molar-refractivity contribution in [3.8, 4) is 5.75 Å². The highest BCUT2D eigenvalue weighted by atomic mass is 19.2. The monoisotopic (exact) mass is 259 g/mol. The van der Waals surface area contributed by atoms with Crippen LogP contribution in [0.5, 0.6) is 5.75 Å². The zero-order valence-corrected chi connectivity index (χ0v) is 10.0. The quantitative estimate of drug-likeness (QED) is 0.785. The molecule has 1 spiro atoms. The lowest BCUT2D eigenvalue weighted by molar-refractivity contribution is 0.302. The summed E-state index contributed by atoms with van der Waals surface area (Å²) in [6, 6.07) is 10.3. The maximum Gasteiger partial charge on any atom is 0.162 e. The van der Waals surface area contributed by atoms with Gasteiger partial charge in [0, 0.05) is 23.9 Å². The van der Waals surface area contributed by atoms with Crippen LogP contribution in [0.3, 0.4) is 0 Å². The van der Waals surface area contributed by atoms with Gasteiger partial charge in [-0.05, 0) is 17.7 Å². The van der Waals surface area contributed by atoms with E-state index >= 15 is 0 Å². The van der Waals surface area contributed by atoms with Gasteiger partial charge in [-0.15, -0.1) is 0 Å². The van der Waals surface area contributed by atoms with E-state index in [0.717, 1.165) is 22.9 Å². The summed E-state index contributed by atoms with van der Waals surface area (Å²) in [5.74, 6) is -1.25. The van der Waals surface area contributed by atoms with E-state index in [9.17, 15) is 8.78 Å². The molecule has 0 aromatic heterocycles. The first-order valence-corrected chi connectivity index (χ1v) is 6.16. The van der Waals surface area contributed by atoms with Crippen molar-refractivity contribution in [1.82, 2.24) is 0 Å². The lowest BCUT2D eigenvalue weighted by atomic mass is 9.78. The number of nitrogens with one attached hydrogen (secondary N) is 1. The first-order valence-electron chi connectivity index (χ1n) is 6.16. The Morgan fingerprint density at radius 1 is 1.05 bits per heavy atom. The average Bonchev–Trinajstić information content (AvgIpc) is 2.96. The van der Waals surface area contributed by atoms with Gasteiger partial charge in [0.15, 0.2) is 11.6 Å². The standard InChI is InChI=1S/C15H11F2NO/c16-11-5-10-14(6-12(11)17)19-8-15(10)7-18-13-4-2-1-3-9(13)15/h1-6,18H,7-8H2. The summed E-state index contributed by atoms with van der Waals surface area (Å²) < 4.78 is 32.4. The average molecular weight is 259 g/mol. The van der Waals surface area contributed by atoms with E-state index in [1.54, 1.807) is 0 Å². The molecular weight excluding hydrogens is 248 g/mol. The summed E-state index contributed by atoms with van der Waals surface area (Å²) in [5, 5.41) is 3.31. The van der Waals surface area contributed by atoms with Crippen LogP contribution in [0.4, 0.5) is 14.5 Å². The van der Waals surface area contributed by atoms with Gasteiger partial charge >= 0.3 is 0 Å². The molecule has 19 heavy (non-hydrogen) atoms. The Hall–Kier alpha value is -2.10.